The van der Waals surface area contributed by atoms with Crippen molar-refractivity contribution >= 4 is 5.82 Å². The molecule has 2 bridgehead atoms. The summed E-state index contributed by atoms with van der Waals surface area (Å²) in [6.07, 6.45) is 7.10. The largest absolute Gasteiger partial charge is 0.350 e. The van der Waals surface area contributed by atoms with E-state index in [9.17, 15) is 4.79 Å². The van der Waals surface area contributed by atoms with Crippen LogP contribution in [-0.2, 0) is 6.54 Å². The van der Waals surface area contributed by atoms with Gasteiger partial charge in [0, 0.05) is 44.1 Å². The van der Waals surface area contributed by atoms with Gasteiger partial charge in [0.15, 0.2) is 5.82 Å². The minimum Gasteiger partial charge on any atom is -0.350 e. The number of hydrogen-bond acceptors (Lipinski definition) is 4. The van der Waals surface area contributed by atoms with Gasteiger partial charge in [-0.15, -0.1) is 0 Å². The Hall–Kier alpha value is -1.36. The van der Waals surface area contributed by atoms with Gasteiger partial charge in [0.25, 0.3) is 5.56 Å². The van der Waals surface area contributed by atoms with Crippen LogP contribution in [0.1, 0.15) is 26.2 Å². The summed E-state index contributed by atoms with van der Waals surface area (Å²) in [5.74, 6) is 0.619. The monoisotopic (exact) mass is 248 g/mol. The summed E-state index contributed by atoms with van der Waals surface area (Å²) in [4.78, 5) is 18.7. The average molecular weight is 248 g/mol. The standard InChI is InChI=1S/C13H20N4O/c1-2-16-8-6-14-12(13(16)18)17-7-5-10-3-4-11(9-17)15-10/h6,8,10-11,15H,2-5,7,9H2,1H3. The van der Waals surface area contributed by atoms with Crippen LogP contribution >= 0.6 is 0 Å². The quantitative estimate of drug-likeness (QED) is 0.832. The third kappa shape index (κ3) is 2.03. The summed E-state index contributed by atoms with van der Waals surface area (Å²) in [6.45, 7) is 4.53. The molecule has 3 heterocycles. The highest BCUT2D eigenvalue weighted by molar-refractivity contribution is 5.36. The fourth-order valence-electron chi connectivity index (χ4n) is 3.04. The minimum absolute atomic E-state index is 0.0396. The zero-order chi connectivity index (χ0) is 12.5. The predicted octanol–water partition coefficient (Wildman–Crippen LogP) is 0.594. The van der Waals surface area contributed by atoms with Crippen molar-refractivity contribution in [3.05, 3.63) is 22.7 Å². The van der Waals surface area contributed by atoms with Crippen LogP contribution in [0, 0.1) is 0 Å². The molecule has 2 aliphatic heterocycles. The van der Waals surface area contributed by atoms with Gasteiger partial charge in [-0.3, -0.25) is 4.79 Å². The second kappa shape index (κ2) is 4.72. The van der Waals surface area contributed by atoms with Gasteiger partial charge < -0.3 is 14.8 Å². The highest BCUT2D eigenvalue weighted by Crippen LogP contribution is 2.21. The van der Waals surface area contributed by atoms with Crippen LogP contribution in [0.5, 0.6) is 0 Å². The van der Waals surface area contributed by atoms with Crippen LogP contribution in [0.2, 0.25) is 0 Å². The fourth-order valence-corrected chi connectivity index (χ4v) is 3.04. The molecule has 0 aromatic carbocycles. The molecule has 18 heavy (non-hydrogen) atoms. The van der Waals surface area contributed by atoms with Crippen molar-refractivity contribution in [1.82, 2.24) is 14.9 Å². The number of nitrogens with one attached hydrogen (secondary N) is 1. The Bertz CT molecular complexity index is 484. The number of hydrogen-bond donors (Lipinski definition) is 1. The zero-order valence-electron chi connectivity index (χ0n) is 10.8. The molecule has 0 radical (unpaired) electrons. The van der Waals surface area contributed by atoms with Crippen LogP contribution < -0.4 is 15.8 Å². The molecule has 5 nitrogen and oxygen atoms in total. The maximum Gasteiger partial charge on any atom is 0.293 e. The maximum atomic E-state index is 12.3. The number of rotatable bonds is 2. The van der Waals surface area contributed by atoms with Crippen molar-refractivity contribution in [2.24, 2.45) is 0 Å². The molecule has 2 aliphatic rings. The summed E-state index contributed by atoms with van der Waals surface area (Å²) in [5.41, 5.74) is 0.0396. The maximum absolute atomic E-state index is 12.3. The van der Waals surface area contributed by atoms with Gasteiger partial charge in [0.1, 0.15) is 0 Å². The molecule has 1 aromatic rings. The molecule has 0 aliphatic carbocycles. The first-order valence-corrected chi connectivity index (χ1v) is 6.84. The smallest absolute Gasteiger partial charge is 0.293 e. The minimum atomic E-state index is 0.0396. The normalized spacial score (nSPS) is 27.3. The number of aryl methyl sites for hydroxylation is 1. The van der Waals surface area contributed by atoms with Crippen LogP contribution in [0.4, 0.5) is 5.82 Å². The van der Waals surface area contributed by atoms with E-state index in [4.69, 9.17) is 0 Å². The van der Waals surface area contributed by atoms with Gasteiger partial charge in [-0.1, -0.05) is 0 Å². The highest BCUT2D eigenvalue weighted by Gasteiger charge is 2.30. The van der Waals surface area contributed by atoms with E-state index in [2.05, 4.69) is 15.2 Å². The molecule has 1 aromatic heterocycles. The van der Waals surface area contributed by atoms with Gasteiger partial charge in [-0.2, -0.15) is 0 Å². The Balaban J connectivity index is 1.88. The lowest BCUT2D eigenvalue weighted by Gasteiger charge is -2.24. The molecule has 0 spiro atoms. The van der Waals surface area contributed by atoms with Crippen molar-refractivity contribution in [1.29, 1.82) is 0 Å². The summed E-state index contributed by atoms with van der Waals surface area (Å²) in [7, 11) is 0. The van der Waals surface area contributed by atoms with Gasteiger partial charge in [0.05, 0.1) is 0 Å². The van der Waals surface area contributed by atoms with E-state index in [1.807, 2.05) is 6.92 Å². The second-order valence-electron chi connectivity index (χ2n) is 5.21. The molecule has 0 amide bonds. The Morgan fingerprint density at radius 2 is 2.22 bits per heavy atom. The lowest BCUT2D eigenvalue weighted by molar-refractivity contribution is 0.563. The summed E-state index contributed by atoms with van der Waals surface area (Å²) < 4.78 is 1.72. The van der Waals surface area contributed by atoms with E-state index in [-0.39, 0.29) is 5.56 Å². The molecular weight excluding hydrogens is 228 g/mol. The lowest BCUT2D eigenvalue weighted by atomic mass is 10.1. The van der Waals surface area contributed by atoms with Crippen LogP contribution in [0.15, 0.2) is 17.2 Å². The van der Waals surface area contributed by atoms with Crippen LogP contribution in [0.3, 0.4) is 0 Å². The predicted molar refractivity (Wildman–Crippen MR) is 70.9 cm³/mol. The fraction of sp³-hybridized carbons (Fsp3) is 0.692. The van der Waals surface area contributed by atoms with Crippen molar-refractivity contribution in [3.63, 3.8) is 0 Å². The molecule has 2 fully saturated rings. The SMILES string of the molecule is CCn1ccnc(N2CCC3CCC(C2)N3)c1=O. The Morgan fingerprint density at radius 1 is 1.39 bits per heavy atom. The average Bonchev–Trinajstić information content (AvgIpc) is 2.70. The summed E-state index contributed by atoms with van der Waals surface area (Å²) in [5, 5.41) is 3.62. The Morgan fingerprint density at radius 3 is 3.06 bits per heavy atom. The number of fused-ring (bicyclic) bond motifs is 2. The van der Waals surface area contributed by atoms with Gasteiger partial charge in [-0.25, -0.2) is 4.98 Å². The van der Waals surface area contributed by atoms with Gasteiger partial charge in [0.2, 0.25) is 0 Å². The topological polar surface area (TPSA) is 50.2 Å². The highest BCUT2D eigenvalue weighted by atomic mass is 16.1. The van der Waals surface area contributed by atoms with Crippen molar-refractivity contribution < 1.29 is 0 Å². The first-order valence-electron chi connectivity index (χ1n) is 6.84. The van der Waals surface area contributed by atoms with E-state index in [1.165, 1.54) is 12.8 Å². The van der Waals surface area contributed by atoms with E-state index < -0.39 is 0 Å². The summed E-state index contributed by atoms with van der Waals surface area (Å²) >= 11 is 0. The van der Waals surface area contributed by atoms with Gasteiger partial charge >= 0.3 is 0 Å². The van der Waals surface area contributed by atoms with Crippen molar-refractivity contribution in [2.75, 3.05) is 18.0 Å². The Labute approximate surface area is 107 Å². The number of anilines is 1. The van der Waals surface area contributed by atoms with Crippen molar-refractivity contribution in [2.45, 2.75) is 44.8 Å². The third-order valence-corrected chi connectivity index (χ3v) is 4.06. The molecule has 3 rings (SSSR count). The molecule has 2 unspecified atom stereocenters. The zero-order valence-corrected chi connectivity index (χ0v) is 10.8. The first-order chi connectivity index (χ1) is 8.78. The van der Waals surface area contributed by atoms with E-state index in [1.54, 1.807) is 17.0 Å². The van der Waals surface area contributed by atoms with E-state index in [0.717, 1.165) is 19.5 Å². The van der Waals surface area contributed by atoms with Crippen molar-refractivity contribution in [3.8, 4) is 0 Å². The lowest BCUT2D eigenvalue weighted by Crippen LogP contribution is -2.39. The molecule has 2 saturated heterocycles. The first kappa shape index (κ1) is 11.7. The molecular formula is C13H20N4O. The molecule has 0 saturated carbocycles. The second-order valence-corrected chi connectivity index (χ2v) is 5.21. The van der Waals surface area contributed by atoms with Crippen LogP contribution in [0.25, 0.3) is 0 Å². The number of aromatic nitrogens is 2. The van der Waals surface area contributed by atoms with E-state index in [0.29, 0.717) is 24.4 Å². The molecule has 5 heteroatoms. The third-order valence-electron chi connectivity index (χ3n) is 4.06. The number of nitrogens with zero attached hydrogens (tertiary/aromatic N) is 3. The molecule has 1 N–H and O–H groups in total. The summed E-state index contributed by atoms with van der Waals surface area (Å²) in [6, 6.07) is 1.16. The molecule has 98 valence electrons. The van der Waals surface area contributed by atoms with E-state index >= 15 is 0 Å². The van der Waals surface area contributed by atoms with Gasteiger partial charge in [-0.05, 0) is 26.2 Å². The van der Waals surface area contributed by atoms with Crippen LogP contribution in [-0.4, -0.2) is 34.7 Å². The molecule has 2 atom stereocenters. The Kier molecular flexibility index (Phi) is 3.07.